The number of halogens is 1. The number of aromatic nitrogens is 1. The molecule has 0 radical (unpaired) electrons. The highest BCUT2D eigenvalue weighted by Gasteiger charge is 2.19. The maximum Gasteiger partial charge on any atom is 0.433 e. The largest absolute Gasteiger partial charge is 0.497 e. The lowest BCUT2D eigenvalue weighted by Crippen LogP contribution is -2.05. The van der Waals surface area contributed by atoms with Crippen molar-refractivity contribution in [2.75, 3.05) is 7.11 Å². The van der Waals surface area contributed by atoms with Crippen molar-refractivity contribution in [2.24, 2.45) is 0 Å². The quantitative estimate of drug-likeness (QED) is 0.294. The summed E-state index contributed by atoms with van der Waals surface area (Å²) in [4.78, 5) is 26.0. The van der Waals surface area contributed by atoms with Gasteiger partial charge in [-0.3, -0.25) is 10.1 Å². The molecule has 0 unspecified atom stereocenters. The predicted octanol–water partition coefficient (Wildman–Crippen LogP) is 3.76. The number of fused-ring (bicyclic) bond motifs is 1. The number of nitro groups is 1. The molecular formula is C16H11ClN2O6. The lowest BCUT2D eigenvalue weighted by molar-refractivity contribution is -0.402. The summed E-state index contributed by atoms with van der Waals surface area (Å²) in [7, 11) is 1.55. The Balaban J connectivity index is 1.76. The Kier molecular flexibility index (Phi) is 4.53. The van der Waals surface area contributed by atoms with Gasteiger partial charge < -0.3 is 13.9 Å². The molecule has 1 aromatic carbocycles. The second-order valence-corrected chi connectivity index (χ2v) is 5.33. The first-order chi connectivity index (χ1) is 12.0. The van der Waals surface area contributed by atoms with Crippen molar-refractivity contribution < 1.29 is 23.6 Å². The van der Waals surface area contributed by atoms with Crippen LogP contribution < -0.4 is 4.74 Å². The molecule has 0 amide bonds. The first-order valence-corrected chi connectivity index (χ1v) is 7.40. The van der Waals surface area contributed by atoms with E-state index in [0.29, 0.717) is 16.8 Å². The van der Waals surface area contributed by atoms with Crippen LogP contribution in [-0.2, 0) is 11.3 Å². The van der Waals surface area contributed by atoms with Crippen LogP contribution in [0.15, 0.2) is 40.8 Å². The summed E-state index contributed by atoms with van der Waals surface area (Å²) in [5, 5.41) is 11.5. The Morgan fingerprint density at radius 2 is 2.12 bits per heavy atom. The van der Waals surface area contributed by atoms with Gasteiger partial charge in [-0.05, 0) is 24.3 Å². The van der Waals surface area contributed by atoms with Gasteiger partial charge in [0.05, 0.1) is 18.7 Å². The molecule has 0 N–H and O–H groups in total. The fourth-order valence-corrected chi connectivity index (χ4v) is 2.35. The van der Waals surface area contributed by atoms with Crippen molar-refractivity contribution >= 4 is 34.4 Å². The van der Waals surface area contributed by atoms with Gasteiger partial charge in [0.1, 0.15) is 22.4 Å². The van der Waals surface area contributed by atoms with Crippen molar-refractivity contribution in [3.05, 3.63) is 63.0 Å². The van der Waals surface area contributed by atoms with E-state index in [-0.39, 0.29) is 17.5 Å². The molecule has 9 heteroatoms. The van der Waals surface area contributed by atoms with E-state index in [1.54, 1.807) is 31.4 Å². The third kappa shape index (κ3) is 3.53. The second-order valence-electron chi connectivity index (χ2n) is 4.97. The molecule has 3 aromatic rings. The van der Waals surface area contributed by atoms with Crippen molar-refractivity contribution in [2.45, 2.75) is 6.61 Å². The molecule has 0 aliphatic carbocycles. The van der Waals surface area contributed by atoms with Crippen molar-refractivity contribution in [1.29, 1.82) is 0 Å². The summed E-state index contributed by atoms with van der Waals surface area (Å²) in [6.07, 6.45) is 0. The summed E-state index contributed by atoms with van der Waals surface area (Å²) in [6, 6.07) is 9.30. The molecule has 0 aliphatic rings. The highest BCUT2D eigenvalue weighted by atomic mass is 35.5. The van der Waals surface area contributed by atoms with E-state index in [4.69, 9.17) is 25.5 Å². The number of carbonyl (C=O) groups excluding carboxylic acids is 1. The Labute approximate surface area is 146 Å². The normalized spacial score (nSPS) is 10.6. The van der Waals surface area contributed by atoms with Gasteiger partial charge in [-0.2, -0.15) is 0 Å². The van der Waals surface area contributed by atoms with E-state index in [0.717, 1.165) is 11.5 Å². The first kappa shape index (κ1) is 16.7. The van der Waals surface area contributed by atoms with Crippen LogP contribution >= 0.6 is 11.6 Å². The van der Waals surface area contributed by atoms with Gasteiger partial charge in [-0.25, -0.2) is 9.78 Å². The predicted molar refractivity (Wildman–Crippen MR) is 87.8 cm³/mol. The fourth-order valence-electron chi connectivity index (χ4n) is 2.15. The Hall–Kier alpha value is -3.13. The molecule has 3 rings (SSSR count). The molecule has 128 valence electrons. The SMILES string of the molecule is COc1ccc2cc(COC(=O)c3ccc([N+](=O)[O-])o3)c(Cl)nc2c1. The smallest absolute Gasteiger partial charge is 0.433 e. The lowest BCUT2D eigenvalue weighted by atomic mass is 10.1. The minimum absolute atomic E-state index is 0.152. The monoisotopic (exact) mass is 362 g/mol. The van der Waals surface area contributed by atoms with Gasteiger partial charge in [0, 0.05) is 17.0 Å². The van der Waals surface area contributed by atoms with E-state index < -0.39 is 16.8 Å². The Morgan fingerprint density at radius 1 is 1.32 bits per heavy atom. The number of benzene rings is 1. The summed E-state index contributed by atoms with van der Waals surface area (Å²) in [5.41, 5.74) is 1.13. The fraction of sp³-hybridized carbons (Fsp3) is 0.125. The molecule has 8 nitrogen and oxygen atoms in total. The zero-order valence-corrected chi connectivity index (χ0v) is 13.6. The number of esters is 1. The van der Waals surface area contributed by atoms with Crippen LogP contribution in [0.4, 0.5) is 5.88 Å². The minimum Gasteiger partial charge on any atom is -0.497 e. The van der Waals surface area contributed by atoms with Crippen molar-refractivity contribution in [3.63, 3.8) is 0 Å². The van der Waals surface area contributed by atoms with Gasteiger partial charge in [0.25, 0.3) is 0 Å². The van der Waals surface area contributed by atoms with Crippen LogP contribution in [0.5, 0.6) is 5.75 Å². The average molecular weight is 363 g/mol. The van der Waals surface area contributed by atoms with Gasteiger partial charge in [-0.15, -0.1) is 0 Å². The van der Waals surface area contributed by atoms with Crippen LogP contribution in [0.3, 0.4) is 0 Å². The number of furan rings is 1. The maximum absolute atomic E-state index is 11.9. The summed E-state index contributed by atoms with van der Waals surface area (Å²) >= 11 is 6.12. The number of pyridine rings is 1. The van der Waals surface area contributed by atoms with Gasteiger partial charge in [0.2, 0.25) is 5.76 Å². The molecule has 0 spiro atoms. The van der Waals surface area contributed by atoms with E-state index in [9.17, 15) is 14.9 Å². The van der Waals surface area contributed by atoms with E-state index in [1.807, 2.05) is 0 Å². The molecule has 0 aliphatic heterocycles. The third-order valence-corrected chi connectivity index (χ3v) is 3.71. The number of methoxy groups -OCH3 is 1. The van der Waals surface area contributed by atoms with Gasteiger partial charge in [-0.1, -0.05) is 11.6 Å². The van der Waals surface area contributed by atoms with E-state index in [1.165, 1.54) is 6.07 Å². The Bertz CT molecular complexity index is 968. The molecule has 0 atom stereocenters. The standard InChI is InChI=1S/C16H11ClN2O6/c1-23-11-3-2-9-6-10(15(17)18-12(9)7-11)8-24-16(20)13-4-5-14(25-13)19(21)22/h2-7H,8H2,1H3. The summed E-state index contributed by atoms with van der Waals surface area (Å²) < 4.78 is 15.0. The van der Waals surface area contributed by atoms with Crippen LogP contribution in [0.2, 0.25) is 5.15 Å². The van der Waals surface area contributed by atoms with Crippen LogP contribution in [-0.4, -0.2) is 23.0 Å². The number of nitrogens with zero attached hydrogens (tertiary/aromatic N) is 2. The average Bonchev–Trinajstić information content (AvgIpc) is 3.09. The molecular weight excluding hydrogens is 352 g/mol. The highest BCUT2D eigenvalue weighted by molar-refractivity contribution is 6.30. The van der Waals surface area contributed by atoms with Crippen molar-refractivity contribution in [1.82, 2.24) is 4.98 Å². The lowest BCUT2D eigenvalue weighted by Gasteiger charge is -2.08. The maximum atomic E-state index is 11.9. The van der Waals surface area contributed by atoms with Crippen LogP contribution in [0, 0.1) is 10.1 Å². The molecule has 2 heterocycles. The molecule has 25 heavy (non-hydrogen) atoms. The van der Waals surface area contributed by atoms with Gasteiger partial charge in [0.15, 0.2) is 0 Å². The van der Waals surface area contributed by atoms with Crippen molar-refractivity contribution in [3.8, 4) is 5.75 Å². The number of hydrogen-bond donors (Lipinski definition) is 0. The number of ether oxygens (including phenoxy) is 2. The zero-order chi connectivity index (χ0) is 18.0. The summed E-state index contributed by atoms with van der Waals surface area (Å²) in [5.74, 6) is -0.985. The molecule has 0 fully saturated rings. The zero-order valence-electron chi connectivity index (χ0n) is 12.9. The third-order valence-electron chi connectivity index (χ3n) is 3.38. The number of hydrogen-bond acceptors (Lipinski definition) is 7. The van der Waals surface area contributed by atoms with Crippen LogP contribution in [0.25, 0.3) is 10.9 Å². The molecule has 0 bridgehead atoms. The number of rotatable bonds is 5. The molecule has 2 aromatic heterocycles. The number of carbonyl (C=O) groups is 1. The minimum atomic E-state index is -0.834. The Morgan fingerprint density at radius 3 is 2.80 bits per heavy atom. The summed E-state index contributed by atoms with van der Waals surface area (Å²) in [6.45, 7) is -0.152. The van der Waals surface area contributed by atoms with E-state index >= 15 is 0 Å². The highest BCUT2D eigenvalue weighted by Crippen LogP contribution is 2.25. The van der Waals surface area contributed by atoms with Crippen LogP contribution in [0.1, 0.15) is 16.1 Å². The van der Waals surface area contributed by atoms with E-state index in [2.05, 4.69) is 4.98 Å². The molecule has 0 saturated heterocycles. The second kappa shape index (κ2) is 6.78. The topological polar surface area (TPSA) is 105 Å². The molecule has 0 saturated carbocycles. The van der Waals surface area contributed by atoms with Gasteiger partial charge >= 0.3 is 11.9 Å². The first-order valence-electron chi connectivity index (χ1n) is 7.02.